The van der Waals surface area contributed by atoms with Crippen molar-refractivity contribution < 1.29 is 13.2 Å². The Hall–Kier alpha value is -2.74. The van der Waals surface area contributed by atoms with Crippen LogP contribution in [0.25, 0.3) is 0 Å². The Morgan fingerprint density at radius 3 is 2.71 bits per heavy atom. The van der Waals surface area contributed by atoms with E-state index in [0.717, 1.165) is 48.9 Å². The van der Waals surface area contributed by atoms with Crippen molar-refractivity contribution in [1.82, 2.24) is 10.6 Å². The molecule has 0 spiro atoms. The van der Waals surface area contributed by atoms with Gasteiger partial charge in [0.05, 0.1) is 12.0 Å². The van der Waals surface area contributed by atoms with Crippen LogP contribution in [0, 0.1) is 12.8 Å². The summed E-state index contributed by atoms with van der Waals surface area (Å²) in [5, 5.41) is 6.73. The molecule has 1 heterocycles. The molecule has 1 unspecified atom stereocenters. The van der Waals surface area contributed by atoms with Gasteiger partial charge in [-0.3, -0.25) is 4.99 Å². The van der Waals surface area contributed by atoms with Gasteiger partial charge in [-0.05, 0) is 48.6 Å². The smallest absolute Gasteiger partial charge is 0.191 e. The first-order valence-corrected chi connectivity index (χ1v) is 12.3. The van der Waals surface area contributed by atoms with Gasteiger partial charge in [0.2, 0.25) is 0 Å². The Balaban J connectivity index is 1.49. The fourth-order valence-corrected chi connectivity index (χ4v) is 4.88. The van der Waals surface area contributed by atoms with E-state index in [-0.39, 0.29) is 0 Å². The summed E-state index contributed by atoms with van der Waals surface area (Å²) >= 11 is 0. The lowest BCUT2D eigenvalue weighted by atomic mass is 10.1. The third-order valence-corrected chi connectivity index (χ3v) is 6.84. The number of rotatable bonds is 7. The number of guanidine groups is 1. The van der Waals surface area contributed by atoms with Gasteiger partial charge < -0.3 is 20.3 Å². The summed E-state index contributed by atoms with van der Waals surface area (Å²) in [5.41, 5.74) is 2.96. The minimum Gasteiger partial charge on any atom is -0.497 e. The zero-order valence-electron chi connectivity index (χ0n) is 18.7. The summed E-state index contributed by atoms with van der Waals surface area (Å²) < 4.78 is 28.9. The van der Waals surface area contributed by atoms with Crippen LogP contribution < -0.4 is 20.3 Å². The summed E-state index contributed by atoms with van der Waals surface area (Å²) in [6, 6.07) is 13.6. The molecule has 0 amide bonds. The number of anilines is 1. The molecule has 7 nitrogen and oxygen atoms in total. The zero-order chi connectivity index (χ0) is 22.4. The van der Waals surface area contributed by atoms with Crippen LogP contribution >= 0.6 is 0 Å². The Labute approximate surface area is 185 Å². The standard InChI is InChI=1S/C23H32N4O3S/c1-17-12-18(8-9-22(17)31(4,28)29)14-25-23(24-2)26-15-19-10-11-27(16-19)20-6-5-7-21(13-20)30-3/h5-9,12-13,19H,10-11,14-16H2,1-4H3,(H2,24,25,26). The Kier molecular flexibility index (Phi) is 7.43. The normalized spacial score (nSPS) is 17.0. The van der Waals surface area contributed by atoms with Gasteiger partial charge >= 0.3 is 0 Å². The van der Waals surface area contributed by atoms with E-state index in [1.807, 2.05) is 31.2 Å². The average Bonchev–Trinajstić information content (AvgIpc) is 3.22. The number of aliphatic imine (C=N–C) groups is 1. The molecule has 0 aromatic heterocycles. The lowest BCUT2D eigenvalue weighted by Gasteiger charge is -2.20. The highest BCUT2D eigenvalue weighted by molar-refractivity contribution is 7.90. The summed E-state index contributed by atoms with van der Waals surface area (Å²) in [6.45, 7) is 5.25. The maximum atomic E-state index is 11.8. The summed E-state index contributed by atoms with van der Waals surface area (Å²) in [7, 11) is 0.244. The maximum Gasteiger partial charge on any atom is 0.191 e. The molecule has 1 fully saturated rings. The average molecular weight is 445 g/mol. The third-order valence-electron chi connectivity index (χ3n) is 5.58. The van der Waals surface area contributed by atoms with Gasteiger partial charge in [0.15, 0.2) is 15.8 Å². The molecular weight excluding hydrogens is 412 g/mol. The predicted molar refractivity (Wildman–Crippen MR) is 126 cm³/mol. The number of hydrogen-bond donors (Lipinski definition) is 2. The van der Waals surface area contributed by atoms with Gasteiger partial charge in [-0.2, -0.15) is 0 Å². The molecule has 168 valence electrons. The number of sulfone groups is 1. The van der Waals surface area contributed by atoms with E-state index >= 15 is 0 Å². The minimum atomic E-state index is -3.20. The molecule has 2 N–H and O–H groups in total. The van der Waals surface area contributed by atoms with Crippen molar-refractivity contribution in [2.24, 2.45) is 10.9 Å². The molecule has 1 aliphatic rings. The van der Waals surface area contributed by atoms with Crippen molar-refractivity contribution in [3.8, 4) is 5.75 Å². The number of nitrogens with zero attached hydrogens (tertiary/aromatic N) is 2. The van der Waals surface area contributed by atoms with Crippen molar-refractivity contribution >= 4 is 21.5 Å². The Morgan fingerprint density at radius 2 is 2.03 bits per heavy atom. The number of methoxy groups -OCH3 is 1. The monoisotopic (exact) mass is 444 g/mol. The van der Waals surface area contributed by atoms with Gasteiger partial charge in [0, 0.05) is 51.2 Å². The maximum absolute atomic E-state index is 11.8. The van der Waals surface area contributed by atoms with Crippen LogP contribution in [-0.4, -0.2) is 54.4 Å². The number of hydrogen-bond acceptors (Lipinski definition) is 5. The summed E-state index contributed by atoms with van der Waals surface area (Å²) in [5.74, 6) is 2.15. The van der Waals surface area contributed by atoms with Crippen LogP contribution in [0.15, 0.2) is 52.4 Å². The van der Waals surface area contributed by atoms with Crippen molar-refractivity contribution in [2.45, 2.75) is 24.8 Å². The molecule has 0 bridgehead atoms. The molecule has 0 aliphatic carbocycles. The van der Waals surface area contributed by atoms with Crippen LogP contribution in [0.2, 0.25) is 0 Å². The molecule has 3 rings (SSSR count). The van der Waals surface area contributed by atoms with Crippen molar-refractivity contribution in [3.63, 3.8) is 0 Å². The second kappa shape index (κ2) is 10.0. The van der Waals surface area contributed by atoms with Crippen LogP contribution in [0.5, 0.6) is 5.75 Å². The van der Waals surface area contributed by atoms with Gasteiger partial charge in [0.1, 0.15) is 5.75 Å². The highest BCUT2D eigenvalue weighted by atomic mass is 32.2. The van der Waals surface area contributed by atoms with E-state index in [2.05, 4.69) is 32.7 Å². The van der Waals surface area contributed by atoms with E-state index in [1.54, 1.807) is 20.2 Å². The Bertz CT molecular complexity index is 1040. The first-order valence-electron chi connectivity index (χ1n) is 10.4. The fraction of sp³-hybridized carbons (Fsp3) is 0.435. The lowest BCUT2D eigenvalue weighted by molar-refractivity contribution is 0.415. The van der Waals surface area contributed by atoms with Crippen LogP contribution in [-0.2, 0) is 16.4 Å². The first-order chi connectivity index (χ1) is 14.8. The van der Waals surface area contributed by atoms with E-state index < -0.39 is 9.84 Å². The molecule has 1 aliphatic heterocycles. The van der Waals surface area contributed by atoms with E-state index in [4.69, 9.17) is 4.74 Å². The second-order valence-electron chi connectivity index (χ2n) is 7.98. The third kappa shape index (κ3) is 6.13. The number of nitrogens with one attached hydrogen (secondary N) is 2. The summed E-state index contributed by atoms with van der Waals surface area (Å²) in [6.07, 6.45) is 2.35. The highest BCUT2D eigenvalue weighted by Crippen LogP contribution is 2.26. The molecule has 0 radical (unpaired) electrons. The molecule has 8 heteroatoms. The minimum absolute atomic E-state index is 0.376. The SMILES string of the molecule is CN=C(NCc1ccc(S(C)(=O)=O)c(C)c1)NCC1CCN(c2cccc(OC)c2)C1. The van der Waals surface area contributed by atoms with Gasteiger partial charge in [-0.15, -0.1) is 0 Å². The topological polar surface area (TPSA) is 83.0 Å². The summed E-state index contributed by atoms with van der Waals surface area (Å²) in [4.78, 5) is 7.07. The van der Waals surface area contributed by atoms with E-state index in [0.29, 0.717) is 17.4 Å². The number of aryl methyl sites for hydroxylation is 1. The highest BCUT2D eigenvalue weighted by Gasteiger charge is 2.23. The van der Waals surface area contributed by atoms with Crippen molar-refractivity contribution in [2.75, 3.05) is 44.9 Å². The molecule has 2 aromatic rings. The van der Waals surface area contributed by atoms with Gasteiger partial charge in [-0.1, -0.05) is 18.2 Å². The van der Waals surface area contributed by atoms with Crippen LogP contribution in [0.4, 0.5) is 5.69 Å². The molecule has 1 atom stereocenters. The number of benzene rings is 2. The molecule has 0 saturated carbocycles. The van der Waals surface area contributed by atoms with Gasteiger partial charge in [0.25, 0.3) is 0 Å². The number of ether oxygens (including phenoxy) is 1. The molecular formula is C23H32N4O3S. The van der Waals surface area contributed by atoms with Crippen molar-refractivity contribution in [3.05, 3.63) is 53.6 Å². The predicted octanol–water partition coefficient (Wildman–Crippen LogP) is 2.60. The van der Waals surface area contributed by atoms with Crippen LogP contribution in [0.1, 0.15) is 17.5 Å². The van der Waals surface area contributed by atoms with E-state index in [1.165, 1.54) is 11.9 Å². The second-order valence-corrected chi connectivity index (χ2v) is 9.97. The quantitative estimate of drug-likeness (QED) is 0.505. The zero-order valence-corrected chi connectivity index (χ0v) is 19.5. The van der Waals surface area contributed by atoms with E-state index in [9.17, 15) is 8.42 Å². The lowest BCUT2D eigenvalue weighted by Crippen LogP contribution is -2.40. The van der Waals surface area contributed by atoms with Gasteiger partial charge in [-0.25, -0.2) is 8.42 Å². The van der Waals surface area contributed by atoms with Crippen LogP contribution in [0.3, 0.4) is 0 Å². The fourth-order valence-electron chi connectivity index (χ4n) is 3.93. The molecule has 2 aromatic carbocycles. The molecule has 1 saturated heterocycles. The molecule has 31 heavy (non-hydrogen) atoms. The largest absolute Gasteiger partial charge is 0.497 e. The first kappa shape index (κ1) is 22.9. The Morgan fingerprint density at radius 1 is 1.23 bits per heavy atom. The van der Waals surface area contributed by atoms with Crippen molar-refractivity contribution in [1.29, 1.82) is 0 Å².